The van der Waals surface area contributed by atoms with Crippen molar-refractivity contribution in [2.45, 2.75) is 83.7 Å². The summed E-state index contributed by atoms with van der Waals surface area (Å²) in [6.45, 7) is 4.92. The number of nitrogens with zero attached hydrogens (tertiary/aromatic N) is 2. The van der Waals surface area contributed by atoms with E-state index in [1.165, 1.54) is 25.7 Å². The highest BCUT2D eigenvalue weighted by atomic mass is 16.2. The minimum Gasteiger partial charge on any atom is -0.338 e. The summed E-state index contributed by atoms with van der Waals surface area (Å²) in [7, 11) is 0. The van der Waals surface area contributed by atoms with E-state index < -0.39 is 0 Å². The molecule has 2 amide bonds. The fourth-order valence-corrected chi connectivity index (χ4v) is 3.88. The van der Waals surface area contributed by atoms with Gasteiger partial charge in [0.1, 0.15) is 0 Å². The third-order valence-electron chi connectivity index (χ3n) is 5.14. The second-order valence-electron chi connectivity index (χ2n) is 6.58. The quantitative estimate of drug-likeness (QED) is 0.800. The molecule has 1 atom stereocenters. The maximum Gasteiger partial charge on any atom is 0.242 e. The second-order valence-corrected chi connectivity index (χ2v) is 6.58. The Morgan fingerprint density at radius 3 is 2.33 bits per heavy atom. The SMILES string of the molecule is CCC1CCCCN1C(=O)CN(C(C)=O)C1CCCCC1. The van der Waals surface area contributed by atoms with Crippen molar-refractivity contribution < 1.29 is 9.59 Å². The highest BCUT2D eigenvalue weighted by molar-refractivity contribution is 5.84. The second kappa shape index (κ2) is 7.81. The molecule has 2 fully saturated rings. The van der Waals surface area contributed by atoms with Crippen molar-refractivity contribution in [2.75, 3.05) is 13.1 Å². The van der Waals surface area contributed by atoms with Gasteiger partial charge in [-0.05, 0) is 38.5 Å². The first-order valence-corrected chi connectivity index (χ1v) is 8.70. The van der Waals surface area contributed by atoms with Gasteiger partial charge in [-0.15, -0.1) is 0 Å². The summed E-state index contributed by atoms with van der Waals surface area (Å²) >= 11 is 0. The lowest BCUT2D eigenvalue weighted by Crippen LogP contribution is -2.51. The minimum absolute atomic E-state index is 0.0558. The highest BCUT2D eigenvalue weighted by Gasteiger charge is 2.30. The van der Waals surface area contributed by atoms with Gasteiger partial charge in [-0.25, -0.2) is 0 Å². The zero-order valence-electron chi connectivity index (χ0n) is 13.6. The van der Waals surface area contributed by atoms with Crippen molar-refractivity contribution in [1.82, 2.24) is 9.80 Å². The fraction of sp³-hybridized carbons (Fsp3) is 0.882. The molecule has 1 aliphatic carbocycles. The first kappa shape index (κ1) is 16.3. The maximum atomic E-state index is 12.7. The molecule has 4 nitrogen and oxygen atoms in total. The van der Waals surface area contributed by atoms with Gasteiger partial charge in [-0.2, -0.15) is 0 Å². The molecule has 120 valence electrons. The van der Waals surface area contributed by atoms with Gasteiger partial charge in [-0.1, -0.05) is 26.2 Å². The maximum absolute atomic E-state index is 12.7. The van der Waals surface area contributed by atoms with E-state index in [0.29, 0.717) is 6.04 Å². The molecule has 1 saturated heterocycles. The lowest BCUT2D eigenvalue weighted by Gasteiger charge is -2.39. The van der Waals surface area contributed by atoms with Gasteiger partial charge in [0.15, 0.2) is 0 Å². The van der Waals surface area contributed by atoms with Crippen LogP contribution in [0.2, 0.25) is 0 Å². The van der Waals surface area contributed by atoms with Crippen molar-refractivity contribution in [3.63, 3.8) is 0 Å². The molecular formula is C17H30N2O2. The molecule has 0 aromatic carbocycles. The van der Waals surface area contributed by atoms with Crippen LogP contribution < -0.4 is 0 Å². The molecule has 1 unspecified atom stereocenters. The molecule has 4 heteroatoms. The number of rotatable bonds is 4. The first-order chi connectivity index (χ1) is 10.1. The summed E-state index contributed by atoms with van der Waals surface area (Å²) < 4.78 is 0. The molecule has 1 aliphatic heterocycles. The lowest BCUT2D eigenvalue weighted by molar-refractivity contribution is -0.144. The molecule has 2 rings (SSSR count). The van der Waals surface area contributed by atoms with E-state index in [9.17, 15) is 9.59 Å². The number of carbonyl (C=O) groups is 2. The average molecular weight is 294 g/mol. The highest BCUT2D eigenvalue weighted by Crippen LogP contribution is 2.24. The largest absolute Gasteiger partial charge is 0.338 e. The monoisotopic (exact) mass is 294 g/mol. The van der Waals surface area contributed by atoms with E-state index in [4.69, 9.17) is 0 Å². The van der Waals surface area contributed by atoms with Crippen molar-refractivity contribution in [3.8, 4) is 0 Å². The van der Waals surface area contributed by atoms with E-state index in [-0.39, 0.29) is 24.4 Å². The summed E-state index contributed by atoms with van der Waals surface area (Å²) in [5.74, 6) is 0.211. The van der Waals surface area contributed by atoms with Gasteiger partial charge in [0.25, 0.3) is 0 Å². The molecule has 0 bridgehead atoms. The average Bonchev–Trinajstić information content (AvgIpc) is 2.52. The van der Waals surface area contributed by atoms with E-state index in [1.54, 1.807) is 6.92 Å². The summed E-state index contributed by atoms with van der Waals surface area (Å²) in [4.78, 5) is 28.5. The van der Waals surface area contributed by atoms with E-state index in [0.717, 1.165) is 38.6 Å². The smallest absolute Gasteiger partial charge is 0.242 e. The molecule has 2 aliphatic rings. The topological polar surface area (TPSA) is 40.6 Å². The Balaban J connectivity index is 1.98. The fourth-order valence-electron chi connectivity index (χ4n) is 3.88. The Kier molecular flexibility index (Phi) is 6.07. The Morgan fingerprint density at radius 1 is 1.05 bits per heavy atom. The number of hydrogen-bond donors (Lipinski definition) is 0. The zero-order valence-corrected chi connectivity index (χ0v) is 13.6. The molecule has 0 aromatic heterocycles. The molecule has 1 saturated carbocycles. The molecule has 1 heterocycles. The van der Waals surface area contributed by atoms with Gasteiger partial charge in [0, 0.05) is 25.6 Å². The van der Waals surface area contributed by atoms with Crippen LogP contribution in [0.25, 0.3) is 0 Å². The van der Waals surface area contributed by atoms with Crippen molar-refractivity contribution in [1.29, 1.82) is 0 Å². The van der Waals surface area contributed by atoms with Crippen LogP contribution in [0.3, 0.4) is 0 Å². The van der Waals surface area contributed by atoms with E-state index in [1.807, 2.05) is 9.80 Å². The molecular weight excluding hydrogens is 264 g/mol. The van der Waals surface area contributed by atoms with Crippen LogP contribution in [0.4, 0.5) is 0 Å². The van der Waals surface area contributed by atoms with Crippen LogP contribution in [0.5, 0.6) is 0 Å². The lowest BCUT2D eigenvalue weighted by atomic mass is 9.94. The minimum atomic E-state index is 0.0558. The molecule has 0 spiro atoms. The number of hydrogen-bond acceptors (Lipinski definition) is 2. The number of carbonyl (C=O) groups excluding carboxylic acids is 2. The van der Waals surface area contributed by atoms with E-state index >= 15 is 0 Å². The zero-order chi connectivity index (χ0) is 15.2. The molecule has 0 aromatic rings. The summed E-state index contributed by atoms with van der Waals surface area (Å²) in [5.41, 5.74) is 0. The van der Waals surface area contributed by atoms with Crippen molar-refractivity contribution in [2.24, 2.45) is 0 Å². The normalized spacial score (nSPS) is 23.9. The van der Waals surface area contributed by atoms with Crippen LogP contribution in [0.15, 0.2) is 0 Å². The first-order valence-electron chi connectivity index (χ1n) is 8.70. The van der Waals surface area contributed by atoms with Gasteiger partial charge >= 0.3 is 0 Å². The molecule has 0 N–H and O–H groups in total. The van der Waals surface area contributed by atoms with Gasteiger partial charge in [-0.3, -0.25) is 9.59 Å². The Labute approximate surface area is 128 Å². The Bertz CT molecular complexity index is 364. The van der Waals surface area contributed by atoms with Crippen LogP contribution in [0, 0.1) is 0 Å². The summed E-state index contributed by atoms with van der Waals surface area (Å²) in [6.07, 6.45) is 10.2. The predicted molar refractivity (Wildman–Crippen MR) is 83.9 cm³/mol. The van der Waals surface area contributed by atoms with Crippen LogP contribution in [-0.2, 0) is 9.59 Å². The van der Waals surface area contributed by atoms with Crippen molar-refractivity contribution in [3.05, 3.63) is 0 Å². The third-order valence-corrected chi connectivity index (χ3v) is 5.14. The summed E-state index contributed by atoms with van der Waals surface area (Å²) in [5, 5.41) is 0. The van der Waals surface area contributed by atoms with Crippen LogP contribution in [-0.4, -0.2) is 46.8 Å². The predicted octanol–water partition coefficient (Wildman–Crippen LogP) is 2.96. The van der Waals surface area contributed by atoms with Crippen LogP contribution >= 0.6 is 0 Å². The Morgan fingerprint density at radius 2 is 1.71 bits per heavy atom. The van der Waals surface area contributed by atoms with Gasteiger partial charge in [0.2, 0.25) is 11.8 Å². The van der Waals surface area contributed by atoms with E-state index in [2.05, 4.69) is 6.92 Å². The van der Waals surface area contributed by atoms with Gasteiger partial charge in [0.05, 0.1) is 6.54 Å². The van der Waals surface area contributed by atoms with Crippen molar-refractivity contribution >= 4 is 11.8 Å². The number of piperidine rings is 1. The number of amides is 2. The molecule has 21 heavy (non-hydrogen) atoms. The standard InChI is InChI=1S/C17H30N2O2/c1-3-15-9-7-8-12-18(15)17(21)13-19(14(2)20)16-10-5-4-6-11-16/h15-16H,3-13H2,1-2H3. The van der Waals surface area contributed by atoms with Gasteiger partial charge < -0.3 is 9.80 Å². The Hall–Kier alpha value is -1.06. The van der Waals surface area contributed by atoms with Crippen LogP contribution in [0.1, 0.15) is 71.6 Å². The third kappa shape index (κ3) is 4.21. The molecule has 0 radical (unpaired) electrons. The summed E-state index contributed by atoms with van der Waals surface area (Å²) in [6, 6.07) is 0.663. The number of likely N-dealkylation sites (tertiary alicyclic amines) is 1.